The third kappa shape index (κ3) is 4.43. The number of hydrogen-bond donors (Lipinski definition) is 3. The van der Waals surface area contributed by atoms with Crippen molar-refractivity contribution in [3.8, 4) is 5.75 Å². The number of primary amides is 1. The molecule has 2 amide bonds. The van der Waals surface area contributed by atoms with Gasteiger partial charge in [0.2, 0.25) is 0 Å². The summed E-state index contributed by atoms with van der Waals surface area (Å²) in [7, 11) is 0. The summed E-state index contributed by atoms with van der Waals surface area (Å²) < 4.78 is 34.4. The molecule has 3 rings (SSSR count). The third-order valence-corrected chi connectivity index (χ3v) is 4.89. The van der Waals surface area contributed by atoms with Crippen LogP contribution in [0.25, 0.3) is 0 Å². The van der Waals surface area contributed by atoms with Gasteiger partial charge in [-0.2, -0.15) is 0 Å². The summed E-state index contributed by atoms with van der Waals surface area (Å²) in [4.78, 5) is 24.0. The minimum atomic E-state index is -1.02. The van der Waals surface area contributed by atoms with Gasteiger partial charge in [0.05, 0.1) is 18.0 Å². The Morgan fingerprint density at radius 3 is 2.57 bits per heavy atom. The second-order valence-electron chi connectivity index (χ2n) is 6.30. The highest BCUT2D eigenvalue weighted by molar-refractivity contribution is 14.1. The predicted octanol–water partition coefficient (Wildman–Crippen LogP) is 3.40. The third-order valence-electron chi connectivity index (χ3n) is 4.22. The molecule has 28 heavy (non-hydrogen) atoms. The summed E-state index contributed by atoms with van der Waals surface area (Å²) in [6.45, 7) is 0.663. The van der Waals surface area contributed by atoms with Crippen LogP contribution in [-0.2, 0) is 0 Å². The van der Waals surface area contributed by atoms with E-state index in [4.69, 9.17) is 15.6 Å². The molecule has 0 bridgehead atoms. The van der Waals surface area contributed by atoms with E-state index in [9.17, 15) is 18.4 Å². The number of nitrogens with two attached hydrogens (primary N) is 1. The first kappa shape index (κ1) is 20.1. The van der Waals surface area contributed by atoms with Gasteiger partial charge in [-0.15, -0.1) is 0 Å². The fraction of sp³-hybridized carbons (Fsp3) is 0.222. The van der Waals surface area contributed by atoms with Crippen molar-refractivity contribution in [2.75, 3.05) is 25.0 Å². The Kier molecular flexibility index (Phi) is 5.87. The molecule has 1 saturated heterocycles. The summed E-state index contributed by atoms with van der Waals surface area (Å²) in [5, 5.41) is 11.5. The quantitative estimate of drug-likeness (QED) is 0.525. The monoisotopic (exact) mass is 503 g/mol. The van der Waals surface area contributed by atoms with Crippen molar-refractivity contribution >= 4 is 46.0 Å². The van der Waals surface area contributed by atoms with Crippen LogP contribution >= 0.6 is 22.6 Å². The van der Waals surface area contributed by atoms with Crippen LogP contribution in [0.3, 0.4) is 0 Å². The average Bonchev–Trinajstić information content (AvgIpc) is 2.55. The van der Waals surface area contributed by atoms with Crippen molar-refractivity contribution in [1.29, 1.82) is 0 Å². The van der Waals surface area contributed by atoms with E-state index in [-0.39, 0.29) is 48.3 Å². The number of halogens is 3. The zero-order valence-electron chi connectivity index (χ0n) is 14.4. The van der Waals surface area contributed by atoms with Gasteiger partial charge in [0.25, 0.3) is 5.91 Å². The smallest absolute Gasteiger partial charge is 0.407 e. The number of hydrogen-bond acceptors (Lipinski definition) is 4. The second kappa shape index (κ2) is 8.17. The van der Waals surface area contributed by atoms with Gasteiger partial charge in [-0.05, 0) is 46.9 Å². The lowest BCUT2D eigenvalue weighted by atomic mass is 10.0. The van der Waals surface area contributed by atoms with Gasteiger partial charge in [-0.25, -0.2) is 13.6 Å². The van der Waals surface area contributed by atoms with Crippen molar-refractivity contribution in [2.45, 2.75) is 0 Å². The zero-order valence-corrected chi connectivity index (χ0v) is 16.6. The maximum Gasteiger partial charge on any atom is 0.407 e. The molecule has 0 aliphatic carbocycles. The molecule has 1 aliphatic heterocycles. The number of likely N-dealkylation sites (tertiary alicyclic amines) is 1. The van der Waals surface area contributed by atoms with E-state index in [0.29, 0.717) is 3.57 Å². The van der Waals surface area contributed by atoms with Crippen molar-refractivity contribution < 1.29 is 28.2 Å². The van der Waals surface area contributed by atoms with Crippen molar-refractivity contribution in [2.24, 2.45) is 11.7 Å². The van der Waals surface area contributed by atoms with Gasteiger partial charge in [0.1, 0.15) is 22.9 Å². The van der Waals surface area contributed by atoms with Crippen LogP contribution in [0.5, 0.6) is 5.75 Å². The van der Waals surface area contributed by atoms with Gasteiger partial charge in [0.15, 0.2) is 0 Å². The molecule has 7 nitrogen and oxygen atoms in total. The highest BCUT2D eigenvalue weighted by atomic mass is 127. The van der Waals surface area contributed by atoms with E-state index in [2.05, 4.69) is 5.32 Å². The van der Waals surface area contributed by atoms with E-state index in [1.165, 1.54) is 17.0 Å². The molecule has 2 aromatic carbocycles. The van der Waals surface area contributed by atoms with Crippen LogP contribution in [0.1, 0.15) is 10.4 Å². The summed E-state index contributed by atoms with van der Waals surface area (Å²) in [5.74, 6) is -2.31. The molecule has 0 aromatic heterocycles. The number of nitrogens with one attached hydrogen (secondary N) is 1. The number of carbonyl (C=O) groups excluding carboxylic acids is 1. The standard InChI is InChI=1S/C18H16F2IN3O4/c19-10-3-14(23-13-2-1-11(21)5-12(13)20)16(17(22)25)15(4-10)28-8-9-6-24(7-9)18(26)27/h1-5,9,23H,6-8H2,(H2,22,25)(H,26,27). The minimum Gasteiger partial charge on any atom is -0.492 e. The number of carbonyl (C=O) groups is 2. The zero-order chi connectivity index (χ0) is 20.4. The number of carboxylic acid groups (broad SMARTS) is 1. The Bertz CT molecular complexity index is 935. The van der Waals surface area contributed by atoms with Crippen molar-refractivity contribution in [3.05, 3.63) is 51.1 Å². The number of benzene rings is 2. The summed E-state index contributed by atoms with van der Waals surface area (Å²) >= 11 is 1.95. The van der Waals surface area contributed by atoms with Gasteiger partial charge in [-0.1, -0.05) is 0 Å². The van der Waals surface area contributed by atoms with Crippen LogP contribution in [0.4, 0.5) is 25.0 Å². The fourth-order valence-corrected chi connectivity index (χ4v) is 3.28. The van der Waals surface area contributed by atoms with Crippen LogP contribution in [0.2, 0.25) is 0 Å². The van der Waals surface area contributed by atoms with Crippen LogP contribution in [0.15, 0.2) is 30.3 Å². The first-order chi connectivity index (χ1) is 13.2. The van der Waals surface area contributed by atoms with Gasteiger partial charge in [-0.3, -0.25) is 4.79 Å². The molecule has 148 valence electrons. The number of rotatable bonds is 6. The molecule has 4 N–H and O–H groups in total. The van der Waals surface area contributed by atoms with Crippen LogP contribution in [-0.4, -0.2) is 41.7 Å². The van der Waals surface area contributed by atoms with E-state index < -0.39 is 23.6 Å². The first-order valence-corrected chi connectivity index (χ1v) is 9.28. The van der Waals surface area contributed by atoms with E-state index >= 15 is 0 Å². The predicted molar refractivity (Wildman–Crippen MR) is 106 cm³/mol. The molecule has 2 aromatic rings. The van der Waals surface area contributed by atoms with E-state index in [1.807, 2.05) is 22.6 Å². The molecular weight excluding hydrogens is 487 g/mol. The Balaban J connectivity index is 1.82. The molecule has 1 fully saturated rings. The molecule has 1 heterocycles. The number of nitrogens with zero attached hydrogens (tertiary/aromatic N) is 1. The lowest BCUT2D eigenvalue weighted by Crippen LogP contribution is -2.51. The van der Waals surface area contributed by atoms with Gasteiger partial charge < -0.3 is 25.8 Å². The minimum absolute atomic E-state index is 0.0246. The molecule has 0 unspecified atom stereocenters. The second-order valence-corrected chi connectivity index (χ2v) is 7.55. The summed E-state index contributed by atoms with van der Waals surface area (Å²) in [6, 6.07) is 6.44. The SMILES string of the molecule is NC(=O)c1c(Nc2ccc(I)cc2F)cc(F)cc1OCC1CN(C(=O)O)C1. The molecule has 0 spiro atoms. The Hall–Kier alpha value is -2.63. The number of anilines is 2. The van der Waals surface area contributed by atoms with Gasteiger partial charge >= 0.3 is 6.09 Å². The number of ether oxygens (including phenoxy) is 1. The summed E-state index contributed by atoms with van der Waals surface area (Å²) in [5.41, 5.74) is 5.34. The highest BCUT2D eigenvalue weighted by Gasteiger charge is 2.31. The lowest BCUT2D eigenvalue weighted by Gasteiger charge is -2.36. The topological polar surface area (TPSA) is 105 Å². The first-order valence-electron chi connectivity index (χ1n) is 8.20. The van der Waals surface area contributed by atoms with Crippen LogP contribution in [0, 0.1) is 21.1 Å². The Labute approximate surface area is 172 Å². The molecular formula is C18H16F2IN3O4. The highest BCUT2D eigenvalue weighted by Crippen LogP contribution is 2.32. The normalized spacial score (nSPS) is 13.8. The van der Waals surface area contributed by atoms with E-state index in [0.717, 1.165) is 12.1 Å². The summed E-state index contributed by atoms with van der Waals surface area (Å²) in [6.07, 6.45) is -1.02. The maximum atomic E-state index is 14.1. The molecule has 0 saturated carbocycles. The molecule has 1 aliphatic rings. The average molecular weight is 503 g/mol. The molecule has 0 radical (unpaired) electrons. The molecule has 10 heteroatoms. The fourth-order valence-electron chi connectivity index (χ4n) is 2.82. The lowest BCUT2D eigenvalue weighted by molar-refractivity contribution is 0.0583. The Morgan fingerprint density at radius 2 is 1.96 bits per heavy atom. The largest absolute Gasteiger partial charge is 0.492 e. The maximum absolute atomic E-state index is 14.1. The van der Waals surface area contributed by atoms with Gasteiger partial charge in [0, 0.05) is 28.6 Å². The van der Waals surface area contributed by atoms with Crippen molar-refractivity contribution in [1.82, 2.24) is 4.90 Å². The van der Waals surface area contributed by atoms with Crippen molar-refractivity contribution in [3.63, 3.8) is 0 Å². The van der Waals surface area contributed by atoms with Crippen LogP contribution < -0.4 is 15.8 Å². The number of amides is 2. The molecule has 0 atom stereocenters. The Morgan fingerprint density at radius 1 is 1.25 bits per heavy atom. The van der Waals surface area contributed by atoms with E-state index in [1.54, 1.807) is 6.07 Å².